The quantitative estimate of drug-likeness (QED) is 0.831. The lowest BCUT2D eigenvalue weighted by molar-refractivity contribution is -0.145. The van der Waals surface area contributed by atoms with Crippen LogP contribution in [0.5, 0.6) is 5.75 Å². The first-order chi connectivity index (χ1) is 8.08. The van der Waals surface area contributed by atoms with Crippen molar-refractivity contribution >= 4 is 5.97 Å². The minimum absolute atomic E-state index is 0.235. The maximum Gasteiger partial charge on any atom is 0.306 e. The average molecular weight is 235 g/mol. The molecule has 0 aliphatic carbocycles. The fourth-order valence-corrected chi connectivity index (χ4v) is 2.14. The van der Waals surface area contributed by atoms with E-state index in [1.54, 1.807) is 19.1 Å². The fourth-order valence-electron chi connectivity index (χ4n) is 2.14. The van der Waals surface area contributed by atoms with E-state index in [0.717, 1.165) is 18.7 Å². The predicted octanol–water partition coefficient (Wildman–Crippen LogP) is 1.54. The van der Waals surface area contributed by atoms with Gasteiger partial charge in [-0.15, -0.1) is 0 Å². The van der Waals surface area contributed by atoms with Gasteiger partial charge in [0, 0.05) is 25.2 Å². The second kappa shape index (κ2) is 4.75. The molecule has 4 nitrogen and oxygen atoms in total. The Hall–Kier alpha value is -1.55. The number of carboxylic acids is 1. The van der Waals surface area contributed by atoms with Gasteiger partial charge in [0.2, 0.25) is 0 Å². The van der Waals surface area contributed by atoms with Gasteiger partial charge in [0.1, 0.15) is 5.75 Å². The van der Waals surface area contributed by atoms with Gasteiger partial charge in [-0.1, -0.05) is 25.1 Å². The SMILES string of the molecule is CC(C(=O)O)C1CN(Cc2ccccc2O)C1. The number of phenolic OH excluding ortho intramolecular Hbond substituents is 1. The Morgan fingerprint density at radius 1 is 1.47 bits per heavy atom. The number of aromatic hydroxyl groups is 1. The van der Waals surface area contributed by atoms with Gasteiger partial charge >= 0.3 is 5.97 Å². The molecule has 1 fully saturated rings. The maximum atomic E-state index is 10.8. The number of phenols is 1. The predicted molar refractivity (Wildman–Crippen MR) is 63.7 cm³/mol. The number of rotatable bonds is 4. The zero-order valence-corrected chi connectivity index (χ0v) is 9.84. The smallest absolute Gasteiger partial charge is 0.306 e. The van der Waals surface area contributed by atoms with Crippen molar-refractivity contribution in [2.24, 2.45) is 11.8 Å². The first-order valence-corrected chi connectivity index (χ1v) is 5.80. The Kier molecular flexibility index (Phi) is 3.33. The van der Waals surface area contributed by atoms with E-state index in [1.165, 1.54) is 0 Å². The summed E-state index contributed by atoms with van der Waals surface area (Å²) in [5, 5.41) is 18.5. The normalized spacial score (nSPS) is 18.6. The molecule has 1 unspecified atom stereocenters. The summed E-state index contributed by atoms with van der Waals surface area (Å²) >= 11 is 0. The van der Waals surface area contributed by atoms with E-state index in [1.807, 2.05) is 12.1 Å². The van der Waals surface area contributed by atoms with Crippen molar-refractivity contribution in [1.29, 1.82) is 0 Å². The highest BCUT2D eigenvalue weighted by Gasteiger charge is 2.34. The van der Waals surface area contributed by atoms with Gasteiger partial charge in [0.15, 0.2) is 0 Å². The molecule has 4 heteroatoms. The summed E-state index contributed by atoms with van der Waals surface area (Å²) in [5.74, 6) is -0.464. The molecule has 1 aromatic rings. The van der Waals surface area contributed by atoms with E-state index < -0.39 is 5.97 Å². The van der Waals surface area contributed by atoms with Gasteiger partial charge in [-0.05, 0) is 12.0 Å². The molecule has 17 heavy (non-hydrogen) atoms. The van der Waals surface area contributed by atoms with Gasteiger partial charge < -0.3 is 10.2 Å². The zero-order valence-electron chi connectivity index (χ0n) is 9.84. The van der Waals surface area contributed by atoms with Gasteiger partial charge in [-0.3, -0.25) is 9.69 Å². The third-order valence-corrected chi connectivity index (χ3v) is 3.47. The summed E-state index contributed by atoms with van der Waals surface area (Å²) in [6, 6.07) is 7.26. The number of benzene rings is 1. The first kappa shape index (κ1) is 11.9. The van der Waals surface area contributed by atoms with Crippen molar-refractivity contribution in [3.8, 4) is 5.75 Å². The molecule has 2 N–H and O–H groups in total. The molecule has 1 saturated heterocycles. The van der Waals surface area contributed by atoms with Gasteiger partial charge in [0.25, 0.3) is 0 Å². The highest BCUT2D eigenvalue weighted by Crippen LogP contribution is 2.27. The number of aliphatic carboxylic acids is 1. The van der Waals surface area contributed by atoms with Crippen LogP contribution in [0.15, 0.2) is 24.3 Å². The molecule has 1 atom stereocenters. The second-order valence-corrected chi connectivity index (χ2v) is 4.71. The third kappa shape index (κ3) is 2.58. The molecular formula is C13H17NO3. The van der Waals surface area contributed by atoms with Crippen molar-refractivity contribution in [3.05, 3.63) is 29.8 Å². The Morgan fingerprint density at radius 2 is 2.12 bits per heavy atom. The number of hydrogen-bond acceptors (Lipinski definition) is 3. The zero-order chi connectivity index (χ0) is 12.4. The van der Waals surface area contributed by atoms with Crippen LogP contribution in [0.2, 0.25) is 0 Å². The summed E-state index contributed by atoms with van der Waals surface area (Å²) in [6.07, 6.45) is 0. The Balaban J connectivity index is 1.85. The molecule has 92 valence electrons. The van der Waals surface area contributed by atoms with E-state index in [2.05, 4.69) is 4.90 Å². The van der Waals surface area contributed by atoms with Crippen LogP contribution >= 0.6 is 0 Å². The minimum atomic E-state index is -0.725. The average Bonchev–Trinajstić information content (AvgIpc) is 2.24. The van der Waals surface area contributed by atoms with Crippen LogP contribution < -0.4 is 0 Å². The lowest BCUT2D eigenvalue weighted by Gasteiger charge is -2.41. The minimum Gasteiger partial charge on any atom is -0.508 e. The van der Waals surface area contributed by atoms with E-state index in [0.29, 0.717) is 12.3 Å². The van der Waals surface area contributed by atoms with Gasteiger partial charge in [0.05, 0.1) is 5.92 Å². The van der Waals surface area contributed by atoms with Gasteiger partial charge in [-0.2, -0.15) is 0 Å². The fraction of sp³-hybridized carbons (Fsp3) is 0.462. The molecule has 0 bridgehead atoms. The molecule has 1 aliphatic rings. The van der Waals surface area contributed by atoms with Gasteiger partial charge in [-0.25, -0.2) is 0 Å². The number of carbonyl (C=O) groups is 1. The monoisotopic (exact) mass is 235 g/mol. The summed E-state index contributed by atoms with van der Waals surface area (Å²) in [7, 11) is 0. The van der Waals surface area contributed by atoms with E-state index in [9.17, 15) is 9.90 Å². The van der Waals surface area contributed by atoms with Crippen LogP contribution in [0, 0.1) is 11.8 Å². The third-order valence-electron chi connectivity index (χ3n) is 3.47. The van der Waals surface area contributed by atoms with E-state index in [4.69, 9.17) is 5.11 Å². The van der Waals surface area contributed by atoms with Crippen molar-refractivity contribution < 1.29 is 15.0 Å². The van der Waals surface area contributed by atoms with E-state index >= 15 is 0 Å². The maximum absolute atomic E-state index is 10.8. The molecule has 1 aliphatic heterocycles. The highest BCUT2D eigenvalue weighted by atomic mass is 16.4. The second-order valence-electron chi connectivity index (χ2n) is 4.71. The summed E-state index contributed by atoms with van der Waals surface area (Å²) in [5.41, 5.74) is 0.897. The molecule has 1 aromatic carbocycles. The standard InChI is InChI=1S/C13H17NO3/c1-9(13(16)17)11-7-14(8-11)6-10-4-2-3-5-12(10)15/h2-5,9,11,15H,6-8H2,1H3,(H,16,17). The summed E-state index contributed by atoms with van der Waals surface area (Å²) in [6.45, 7) is 4.03. The topological polar surface area (TPSA) is 60.8 Å². The number of nitrogens with zero attached hydrogens (tertiary/aromatic N) is 1. The molecular weight excluding hydrogens is 218 g/mol. The molecule has 0 aromatic heterocycles. The molecule has 0 radical (unpaired) electrons. The highest BCUT2D eigenvalue weighted by molar-refractivity contribution is 5.70. The molecule has 0 saturated carbocycles. The molecule has 2 rings (SSSR count). The number of likely N-dealkylation sites (tertiary alicyclic amines) is 1. The number of carboxylic acid groups (broad SMARTS) is 1. The van der Waals surface area contributed by atoms with Crippen LogP contribution in [0.3, 0.4) is 0 Å². The van der Waals surface area contributed by atoms with Crippen LogP contribution in [-0.4, -0.2) is 34.2 Å². The van der Waals surface area contributed by atoms with Crippen molar-refractivity contribution in [2.75, 3.05) is 13.1 Å². The molecule has 1 heterocycles. The Bertz CT molecular complexity index is 413. The number of para-hydroxylation sites is 1. The lowest BCUT2D eigenvalue weighted by atomic mass is 9.87. The Morgan fingerprint density at radius 3 is 2.71 bits per heavy atom. The molecule has 0 amide bonds. The van der Waals surface area contributed by atoms with Crippen LogP contribution in [0.25, 0.3) is 0 Å². The van der Waals surface area contributed by atoms with Crippen LogP contribution in [0.4, 0.5) is 0 Å². The van der Waals surface area contributed by atoms with Crippen LogP contribution in [0.1, 0.15) is 12.5 Å². The summed E-state index contributed by atoms with van der Waals surface area (Å²) in [4.78, 5) is 12.9. The summed E-state index contributed by atoms with van der Waals surface area (Å²) < 4.78 is 0. The van der Waals surface area contributed by atoms with Crippen molar-refractivity contribution in [3.63, 3.8) is 0 Å². The van der Waals surface area contributed by atoms with Crippen molar-refractivity contribution in [2.45, 2.75) is 13.5 Å². The number of hydrogen-bond donors (Lipinski definition) is 2. The largest absolute Gasteiger partial charge is 0.508 e. The Labute approximate surface area is 100 Å². The molecule has 0 spiro atoms. The van der Waals surface area contributed by atoms with Crippen molar-refractivity contribution in [1.82, 2.24) is 4.90 Å². The first-order valence-electron chi connectivity index (χ1n) is 5.80. The van der Waals surface area contributed by atoms with E-state index in [-0.39, 0.29) is 11.8 Å². The lowest BCUT2D eigenvalue weighted by Crippen LogP contribution is -2.50. The van der Waals surface area contributed by atoms with Crippen LogP contribution in [-0.2, 0) is 11.3 Å².